The first-order chi connectivity index (χ1) is 7.10. The maximum absolute atomic E-state index is 5.95. The Morgan fingerprint density at radius 2 is 2.13 bits per heavy atom. The third kappa shape index (κ3) is 1.12. The van der Waals surface area contributed by atoms with Crippen LogP contribution in [0.25, 0.3) is 10.4 Å². The molecule has 1 nitrogen and oxygen atoms in total. The number of hydrogen-bond donors (Lipinski definition) is 0. The Bertz CT molecular complexity index is 542. The summed E-state index contributed by atoms with van der Waals surface area (Å²) in [5.74, 6) is 0. The highest BCUT2D eigenvalue weighted by molar-refractivity contribution is 7.13. The van der Waals surface area contributed by atoms with Crippen LogP contribution in [0.15, 0.2) is 23.7 Å². The van der Waals surface area contributed by atoms with Gasteiger partial charge in [-0.3, -0.25) is 0 Å². The molecule has 0 fully saturated rings. The van der Waals surface area contributed by atoms with Crippen LogP contribution in [0.4, 0.5) is 0 Å². The summed E-state index contributed by atoms with van der Waals surface area (Å²) in [6.45, 7) is 4.47. The van der Waals surface area contributed by atoms with Gasteiger partial charge < -0.3 is 0 Å². The highest BCUT2D eigenvalue weighted by Crippen LogP contribution is 2.51. The molecule has 0 saturated heterocycles. The van der Waals surface area contributed by atoms with Crippen LogP contribution in [0.5, 0.6) is 0 Å². The Morgan fingerprint density at radius 1 is 1.33 bits per heavy atom. The molecule has 3 rings (SSSR count). The number of thiophene rings is 1. The van der Waals surface area contributed by atoms with Crippen molar-refractivity contribution in [3.8, 4) is 10.4 Å². The first-order valence-electron chi connectivity index (χ1n) is 4.85. The lowest BCUT2D eigenvalue weighted by Gasteiger charge is -2.20. The Hall–Kier alpha value is -0.860. The van der Waals surface area contributed by atoms with Gasteiger partial charge in [-0.05, 0) is 28.6 Å². The van der Waals surface area contributed by atoms with Crippen molar-refractivity contribution < 1.29 is 0 Å². The van der Waals surface area contributed by atoms with Crippen molar-refractivity contribution in [2.45, 2.75) is 19.3 Å². The summed E-state index contributed by atoms with van der Waals surface area (Å²) in [5, 5.41) is 2.72. The molecule has 15 heavy (non-hydrogen) atoms. The molecule has 0 amide bonds. The quantitative estimate of drug-likeness (QED) is 0.627. The molecular formula is C12H10ClNS. The third-order valence-electron chi connectivity index (χ3n) is 3.13. The van der Waals surface area contributed by atoms with E-state index in [2.05, 4.69) is 30.3 Å². The van der Waals surface area contributed by atoms with Crippen molar-refractivity contribution in [1.82, 2.24) is 4.98 Å². The summed E-state index contributed by atoms with van der Waals surface area (Å²) >= 11 is 7.73. The summed E-state index contributed by atoms with van der Waals surface area (Å²) in [7, 11) is 0. The molecule has 0 aromatic carbocycles. The maximum atomic E-state index is 5.95. The van der Waals surface area contributed by atoms with E-state index in [9.17, 15) is 0 Å². The molecule has 2 aromatic rings. The molecule has 3 heteroatoms. The third-order valence-corrected chi connectivity index (χ3v) is 4.28. The summed E-state index contributed by atoms with van der Waals surface area (Å²) < 4.78 is 0. The van der Waals surface area contributed by atoms with E-state index in [1.807, 2.05) is 12.3 Å². The highest BCUT2D eigenvalue weighted by atomic mass is 35.5. The van der Waals surface area contributed by atoms with Crippen LogP contribution in [0, 0.1) is 0 Å². The molecule has 0 spiro atoms. The average Bonchev–Trinajstić information content (AvgIpc) is 2.72. The Morgan fingerprint density at radius 3 is 2.93 bits per heavy atom. The van der Waals surface area contributed by atoms with Gasteiger partial charge in [0.15, 0.2) is 0 Å². The van der Waals surface area contributed by atoms with Crippen LogP contribution in [0.1, 0.15) is 25.0 Å². The Balaban J connectivity index is 2.39. The zero-order chi connectivity index (χ0) is 10.6. The molecule has 76 valence electrons. The molecule has 0 aliphatic heterocycles. The zero-order valence-corrected chi connectivity index (χ0v) is 10.1. The van der Waals surface area contributed by atoms with E-state index in [1.54, 1.807) is 11.3 Å². The number of aromatic nitrogens is 1. The van der Waals surface area contributed by atoms with E-state index < -0.39 is 0 Å². The van der Waals surface area contributed by atoms with Gasteiger partial charge in [0.2, 0.25) is 0 Å². The lowest BCUT2D eigenvalue weighted by molar-refractivity contribution is 0.661. The van der Waals surface area contributed by atoms with Gasteiger partial charge in [-0.2, -0.15) is 0 Å². The van der Waals surface area contributed by atoms with E-state index in [0.29, 0.717) is 5.15 Å². The minimum absolute atomic E-state index is 0.0667. The molecule has 0 unspecified atom stereocenters. The molecule has 0 N–H and O–H groups in total. The smallest absolute Gasteiger partial charge is 0.129 e. The Kier molecular flexibility index (Phi) is 1.77. The van der Waals surface area contributed by atoms with Gasteiger partial charge in [0.25, 0.3) is 0 Å². The SMILES string of the molecule is CC1(C)c2cc(Cl)ncc2-c2sccc21. The van der Waals surface area contributed by atoms with E-state index in [-0.39, 0.29) is 5.41 Å². The van der Waals surface area contributed by atoms with E-state index >= 15 is 0 Å². The van der Waals surface area contributed by atoms with E-state index in [1.165, 1.54) is 21.6 Å². The van der Waals surface area contributed by atoms with Crippen LogP contribution in [-0.4, -0.2) is 4.98 Å². The van der Waals surface area contributed by atoms with Gasteiger partial charge in [0, 0.05) is 22.1 Å². The van der Waals surface area contributed by atoms with Crippen molar-refractivity contribution in [3.05, 3.63) is 40.0 Å². The molecule has 0 saturated carbocycles. The second kappa shape index (κ2) is 2.83. The minimum Gasteiger partial charge on any atom is -0.244 e. The van der Waals surface area contributed by atoms with Gasteiger partial charge in [-0.1, -0.05) is 25.4 Å². The first kappa shape index (κ1) is 9.37. The summed E-state index contributed by atoms with van der Waals surface area (Å²) in [5.41, 5.74) is 4.00. The maximum Gasteiger partial charge on any atom is 0.129 e. The topological polar surface area (TPSA) is 12.9 Å². The fraction of sp³-hybridized carbons (Fsp3) is 0.250. The fourth-order valence-electron chi connectivity index (χ4n) is 2.28. The van der Waals surface area contributed by atoms with Crippen LogP contribution < -0.4 is 0 Å². The molecule has 1 aliphatic carbocycles. The number of nitrogens with zero attached hydrogens (tertiary/aromatic N) is 1. The second-order valence-corrected chi connectivity index (χ2v) is 5.64. The van der Waals surface area contributed by atoms with Crippen molar-refractivity contribution in [3.63, 3.8) is 0 Å². The van der Waals surface area contributed by atoms with Gasteiger partial charge in [-0.25, -0.2) is 4.98 Å². The monoisotopic (exact) mass is 235 g/mol. The minimum atomic E-state index is 0.0667. The molecule has 1 aliphatic rings. The lowest BCUT2D eigenvalue weighted by Crippen LogP contribution is -2.14. The normalized spacial score (nSPS) is 16.2. The van der Waals surface area contributed by atoms with Gasteiger partial charge in [0.05, 0.1) is 0 Å². The fourth-order valence-corrected chi connectivity index (χ4v) is 3.52. The number of hydrogen-bond acceptors (Lipinski definition) is 2. The van der Waals surface area contributed by atoms with Crippen molar-refractivity contribution >= 4 is 22.9 Å². The van der Waals surface area contributed by atoms with Crippen LogP contribution in [0.2, 0.25) is 5.15 Å². The summed E-state index contributed by atoms with van der Waals surface area (Å²) in [6.07, 6.45) is 1.89. The predicted octanol–water partition coefficient (Wildman–Crippen LogP) is 4.10. The average molecular weight is 236 g/mol. The van der Waals surface area contributed by atoms with Gasteiger partial charge in [0.1, 0.15) is 5.15 Å². The van der Waals surface area contributed by atoms with Gasteiger partial charge >= 0.3 is 0 Å². The standard InChI is InChI=1S/C12H10ClNS/c1-12(2)8-3-4-15-11(8)7-6-14-10(13)5-9(7)12/h3-6H,1-2H3. The number of fused-ring (bicyclic) bond motifs is 3. The highest BCUT2D eigenvalue weighted by Gasteiger charge is 2.36. The first-order valence-corrected chi connectivity index (χ1v) is 6.11. The molecule has 2 heterocycles. The molecule has 2 aromatic heterocycles. The lowest BCUT2D eigenvalue weighted by atomic mass is 9.83. The van der Waals surface area contributed by atoms with Crippen LogP contribution in [0.3, 0.4) is 0 Å². The second-order valence-electron chi connectivity index (χ2n) is 4.34. The number of halogens is 1. The summed E-state index contributed by atoms with van der Waals surface area (Å²) in [6, 6.07) is 4.19. The molecule has 0 bridgehead atoms. The predicted molar refractivity (Wildman–Crippen MR) is 64.7 cm³/mol. The van der Waals surface area contributed by atoms with Crippen LogP contribution in [-0.2, 0) is 5.41 Å². The van der Waals surface area contributed by atoms with E-state index in [0.717, 1.165) is 0 Å². The zero-order valence-electron chi connectivity index (χ0n) is 8.54. The van der Waals surface area contributed by atoms with E-state index in [4.69, 9.17) is 11.6 Å². The van der Waals surface area contributed by atoms with Crippen molar-refractivity contribution in [1.29, 1.82) is 0 Å². The van der Waals surface area contributed by atoms with Crippen molar-refractivity contribution in [2.75, 3.05) is 0 Å². The summed E-state index contributed by atoms with van der Waals surface area (Å²) in [4.78, 5) is 5.51. The molecule has 0 atom stereocenters. The Labute approximate surface area is 97.7 Å². The van der Waals surface area contributed by atoms with Gasteiger partial charge in [-0.15, -0.1) is 11.3 Å². The van der Waals surface area contributed by atoms with Crippen molar-refractivity contribution in [2.24, 2.45) is 0 Å². The number of pyridine rings is 1. The molecular weight excluding hydrogens is 226 g/mol. The molecule has 0 radical (unpaired) electrons. The largest absolute Gasteiger partial charge is 0.244 e. The number of rotatable bonds is 0. The van der Waals surface area contributed by atoms with Crippen LogP contribution >= 0.6 is 22.9 Å².